The summed E-state index contributed by atoms with van der Waals surface area (Å²) in [5.74, 6) is -1.01. The van der Waals surface area contributed by atoms with Gasteiger partial charge in [0.05, 0.1) is 6.42 Å². The molecule has 0 saturated heterocycles. The summed E-state index contributed by atoms with van der Waals surface area (Å²) in [4.78, 5) is 10.6. The Bertz CT molecular complexity index is 319. The molecule has 82 valence electrons. The lowest BCUT2D eigenvalue weighted by Crippen LogP contribution is -2.50. The summed E-state index contributed by atoms with van der Waals surface area (Å²) in [6, 6.07) is 0. The number of carbonyl (C=O) groups is 1. The van der Waals surface area contributed by atoms with Gasteiger partial charge < -0.3 is 5.11 Å². The molecular formula is C7H14N2O4S. The number of aliphatic carboxylic acids is 1. The van der Waals surface area contributed by atoms with Gasteiger partial charge in [0.1, 0.15) is 0 Å². The number of rotatable bonds is 4. The standard InChI is InChI=1S/C7H14N2O4S/c8-14(12,13)9-7(5-6(10)11)3-1-2-4-7/h9H,1-5H2,(H,10,11)(H2,8,12,13). The van der Waals surface area contributed by atoms with Crippen molar-refractivity contribution in [1.82, 2.24) is 4.72 Å². The van der Waals surface area contributed by atoms with E-state index in [2.05, 4.69) is 4.72 Å². The van der Waals surface area contributed by atoms with Crippen LogP contribution in [0.2, 0.25) is 0 Å². The van der Waals surface area contributed by atoms with E-state index in [4.69, 9.17) is 10.2 Å². The fraction of sp³-hybridized carbons (Fsp3) is 0.857. The van der Waals surface area contributed by atoms with Crippen molar-refractivity contribution in [2.24, 2.45) is 5.14 Å². The molecule has 0 spiro atoms. The van der Waals surface area contributed by atoms with Crippen LogP contribution in [0, 0.1) is 0 Å². The van der Waals surface area contributed by atoms with E-state index in [-0.39, 0.29) is 6.42 Å². The zero-order valence-corrected chi connectivity index (χ0v) is 8.51. The van der Waals surface area contributed by atoms with Gasteiger partial charge in [-0.05, 0) is 12.8 Å². The van der Waals surface area contributed by atoms with Crippen molar-refractivity contribution >= 4 is 16.2 Å². The van der Waals surface area contributed by atoms with Gasteiger partial charge in [0.2, 0.25) is 0 Å². The Labute approximate surface area is 82.7 Å². The van der Waals surface area contributed by atoms with Gasteiger partial charge in [-0.25, -0.2) is 5.14 Å². The number of nitrogens with two attached hydrogens (primary N) is 1. The molecule has 1 fully saturated rings. The molecule has 1 aliphatic rings. The quantitative estimate of drug-likeness (QED) is 0.599. The molecule has 0 radical (unpaired) electrons. The molecule has 0 amide bonds. The zero-order chi connectivity index (χ0) is 10.8. The second-order valence-electron chi connectivity index (χ2n) is 3.71. The smallest absolute Gasteiger partial charge is 0.305 e. The van der Waals surface area contributed by atoms with Crippen molar-refractivity contribution in [3.8, 4) is 0 Å². The Morgan fingerprint density at radius 2 is 1.93 bits per heavy atom. The lowest BCUT2D eigenvalue weighted by molar-refractivity contribution is -0.138. The lowest BCUT2D eigenvalue weighted by Gasteiger charge is -2.26. The van der Waals surface area contributed by atoms with Crippen LogP contribution in [0.15, 0.2) is 0 Å². The average Bonchev–Trinajstić information content (AvgIpc) is 2.30. The fourth-order valence-electron chi connectivity index (χ4n) is 1.96. The van der Waals surface area contributed by atoms with E-state index >= 15 is 0 Å². The van der Waals surface area contributed by atoms with E-state index in [0.29, 0.717) is 12.8 Å². The predicted octanol–water partition coefficient (Wildman–Crippen LogP) is -0.433. The van der Waals surface area contributed by atoms with Crippen molar-refractivity contribution in [3.63, 3.8) is 0 Å². The maximum atomic E-state index is 10.8. The van der Waals surface area contributed by atoms with E-state index < -0.39 is 21.7 Å². The Hall–Kier alpha value is -0.660. The molecule has 14 heavy (non-hydrogen) atoms. The van der Waals surface area contributed by atoms with Crippen molar-refractivity contribution in [1.29, 1.82) is 0 Å². The van der Waals surface area contributed by atoms with Crippen LogP contribution in [0.1, 0.15) is 32.1 Å². The Morgan fingerprint density at radius 3 is 2.29 bits per heavy atom. The average molecular weight is 222 g/mol. The molecule has 0 unspecified atom stereocenters. The molecule has 0 aromatic heterocycles. The number of hydrogen-bond donors (Lipinski definition) is 3. The fourth-order valence-corrected chi connectivity index (χ4v) is 2.84. The van der Waals surface area contributed by atoms with Crippen LogP contribution in [-0.4, -0.2) is 25.0 Å². The number of hydrogen-bond acceptors (Lipinski definition) is 3. The third-order valence-corrected chi connectivity index (χ3v) is 3.13. The highest BCUT2D eigenvalue weighted by molar-refractivity contribution is 7.87. The number of carboxylic acid groups (broad SMARTS) is 1. The van der Waals surface area contributed by atoms with E-state index in [1.54, 1.807) is 0 Å². The SMILES string of the molecule is NS(=O)(=O)NC1(CC(=O)O)CCCC1. The Morgan fingerprint density at radius 1 is 1.43 bits per heavy atom. The van der Waals surface area contributed by atoms with Gasteiger partial charge in [-0.1, -0.05) is 12.8 Å². The molecule has 6 nitrogen and oxygen atoms in total. The molecule has 4 N–H and O–H groups in total. The highest BCUT2D eigenvalue weighted by atomic mass is 32.2. The molecule has 0 aromatic carbocycles. The highest BCUT2D eigenvalue weighted by Gasteiger charge is 2.38. The first-order chi connectivity index (χ1) is 6.33. The van der Waals surface area contributed by atoms with Gasteiger partial charge >= 0.3 is 5.97 Å². The zero-order valence-electron chi connectivity index (χ0n) is 7.69. The van der Waals surface area contributed by atoms with Crippen LogP contribution in [-0.2, 0) is 15.0 Å². The Balaban J connectivity index is 2.77. The third kappa shape index (κ3) is 3.24. The monoisotopic (exact) mass is 222 g/mol. The molecule has 7 heteroatoms. The van der Waals surface area contributed by atoms with Gasteiger partial charge in [0.25, 0.3) is 10.2 Å². The molecule has 0 aliphatic heterocycles. The number of carboxylic acids is 1. The minimum absolute atomic E-state index is 0.205. The normalized spacial score (nSPS) is 20.9. The van der Waals surface area contributed by atoms with E-state index in [1.165, 1.54) is 0 Å². The van der Waals surface area contributed by atoms with Gasteiger partial charge in [-0.2, -0.15) is 13.1 Å². The minimum Gasteiger partial charge on any atom is -0.481 e. The van der Waals surface area contributed by atoms with Gasteiger partial charge in [-0.15, -0.1) is 0 Å². The molecule has 1 aliphatic carbocycles. The van der Waals surface area contributed by atoms with Crippen molar-refractivity contribution in [3.05, 3.63) is 0 Å². The van der Waals surface area contributed by atoms with Crippen LogP contribution in [0.25, 0.3) is 0 Å². The predicted molar refractivity (Wildman–Crippen MR) is 49.7 cm³/mol. The summed E-state index contributed by atoms with van der Waals surface area (Å²) in [7, 11) is -3.82. The van der Waals surface area contributed by atoms with Crippen molar-refractivity contribution in [2.45, 2.75) is 37.6 Å². The van der Waals surface area contributed by atoms with E-state index in [9.17, 15) is 13.2 Å². The summed E-state index contributed by atoms with van der Waals surface area (Å²) in [6.07, 6.45) is 2.53. The topological polar surface area (TPSA) is 109 Å². The summed E-state index contributed by atoms with van der Waals surface area (Å²) in [5, 5.41) is 13.5. The van der Waals surface area contributed by atoms with Crippen LogP contribution in [0.5, 0.6) is 0 Å². The van der Waals surface area contributed by atoms with Crippen molar-refractivity contribution < 1.29 is 18.3 Å². The molecule has 1 rings (SSSR count). The summed E-state index contributed by atoms with van der Waals surface area (Å²) in [6.45, 7) is 0. The van der Waals surface area contributed by atoms with Gasteiger partial charge in [0.15, 0.2) is 0 Å². The van der Waals surface area contributed by atoms with Crippen molar-refractivity contribution in [2.75, 3.05) is 0 Å². The maximum absolute atomic E-state index is 10.8. The molecule has 0 atom stereocenters. The first-order valence-corrected chi connectivity index (χ1v) is 5.91. The maximum Gasteiger partial charge on any atom is 0.305 e. The lowest BCUT2D eigenvalue weighted by atomic mass is 9.95. The largest absolute Gasteiger partial charge is 0.481 e. The second-order valence-corrected chi connectivity index (χ2v) is 5.00. The Kier molecular flexibility index (Phi) is 3.13. The first-order valence-electron chi connectivity index (χ1n) is 4.37. The highest BCUT2D eigenvalue weighted by Crippen LogP contribution is 2.32. The van der Waals surface area contributed by atoms with Crippen LogP contribution in [0.4, 0.5) is 0 Å². The van der Waals surface area contributed by atoms with Crippen LogP contribution < -0.4 is 9.86 Å². The van der Waals surface area contributed by atoms with Gasteiger partial charge in [-0.3, -0.25) is 4.79 Å². The molecule has 0 bridgehead atoms. The number of nitrogens with one attached hydrogen (secondary N) is 1. The van der Waals surface area contributed by atoms with Gasteiger partial charge in [0, 0.05) is 5.54 Å². The third-order valence-electron chi connectivity index (χ3n) is 2.41. The van der Waals surface area contributed by atoms with Crippen LogP contribution in [0.3, 0.4) is 0 Å². The minimum atomic E-state index is -3.82. The molecule has 0 heterocycles. The molecule has 1 saturated carbocycles. The summed E-state index contributed by atoms with van der Waals surface area (Å²) < 4.78 is 23.9. The first kappa shape index (κ1) is 11.4. The van der Waals surface area contributed by atoms with E-state index in [1.807, 2.05) is 0 Å². The second kappa shape index (κ2) is 3.84. The molecular weight excluding hydrogens is 208 g/mol. The summed E-state index contributed by atoms with van der Waals surface area (Å²) in [5.41, 5.74) is -0.862. The van der Waals surface area contributed by atoms with E-state index in [0.717, 1.165) is 12.8 Å². The van der Waals surface area contributed by atoms with Crippen LogP contribution >= 0.6 is 0 Å². The molecule has 0 aromatic rings. The summed E-state index contributed by atoms with van der Waals surface area (Å²) >= 11 is 0.